The van der Waals surface area contributed by atoms with Crippen LogP contribution in [0.5, 0.6) is 17.2 Å². The van der Waals surface area contributed by atoms with Crippen molar-refractivity contribution >= 4 is 11.0 Å². The monoisotopic (exact) mass is 396 g/mol. The van der Waals surface area contributed by atoms with Crippen LogP contribution in [0.15, 0.2) is 15.3 Å². The molecule has 0 amide bonds. The summed E-state index contributed by atoms with van der Waals surface area (Å²) in [5.41, 5.74) is 2.21. The lowest BCUT2D eigenvalue weighted by molar-refractivity contribution is -0.0154. The molecular weight excluding hydrogens is 372 g/mol. The highest BCUT2D eigenvalue weighted by Crippen LogP contribution is 2.57. The number of aromatic hydroxyl groups is 1. The summed E-state index contributed by atoms with van der Waals surface area (Å²) in [6.07, 6.45) is -0.709. The zero-order valence-electron chi connectivity index (χ0n) is 17.3. The Kier molecular flexibility index (Phi) is 3.44. The topological polar surface area (TPSA) is 89.1 Å². The van der Waals surface area contributed by atoms with Gasteiger partial charge in [-0.05, 0) is 40.2 Å². The molecule has 152 valence electrons. The molecule has 4 unspecified atom stereocenters. The molecule has 1 aromatic rings. The summed E-state index contributed by atoms with van der Waals surface area (Å²) < 4.78 is 18.4. The third-order valence-corrected chi connectivity index (χ3v) is 6.90. The fraction of sp³-hybridized carbons (Fsp3) is 0.435. The number of aliphatic hydroxyl groups is 1. The Labute approximate surface area is 168 Å². The zero-order valence-corrected chi connectivity index (χ0v) is 17.3. The molecule has 2 N–H and O–H groups in total. The van der Waals surface area contributed by atoms with Gasteiger partial charge in [0.05, 0.1) is 5.56 Å². The fourth-order valence-electron chi connectivity index (χ4n) is 4.85. The van der Waals surface area contributed by atoms with Crippen molar-refractivity contribution in [2.45, 2.75) is 65.3 Å². The van der Waals surface area contributed by atoms with Crippen molar-refractivity contribution in [3.8, 4) is 28.6 Å². The standard InChI is InChI=1S/C23H24O6/c1-8-11(4)27-20-16-14(7-13(24)9(2)15(8)16)29-21-17(20)19(25)10(3)18-22(21)28-12(5)23(18,6)26/h7-8,11-12,25-26H,1-6H3. The average Bonchev–Trinajstić information content (AvgIpc) is 2.89. The number of phenolic OH excluding ortho intramolecular Hbond substituents is 1. The third-order valence-electron chi connectivity index (χ3n) is 6.90. The molecule has 5 rings (SSSR count). The lowest BCUT2D eigenvalue weighted by Crippen LogP contribution is -2.32. The molecule has 1 aromatic carbocycles. The van der Waals surface area contributed by atoms with Gasteiger partial charge in [-0.2, -0.15) is 0 Å². The molecule has 0 saturated heterocycles. The van der Waals surface area contributed by atoms with Crippen molar-refractivity contribution in [2.75, 3.05) is 0 Å². The first-order valence-corrected chi connectivity index (χ1v) is 9.91. The second kappa shape index (κ2) is 5.45. The Hall–Kier alpha value is -2.73. The van der Waals surface area contributed by atoms with Crippen molar-refractivity contribution in [3.63, 3.8) is 0 Å². The predicted molar refractivity (Wildman–Crippen MR) is 108 cm³/mol. The molecule has 6 nitrogen and oxygen atoms in total. The van der Waals surface area contributed by atoms with E-state index in [0.717, 1.165) is 5.56 Å². The van der Waals surface area contributed by atoms with Crippen LogP contribution >= 0.6 is 0 Å². The molecule has 29 heavy (non-hydrogen) atoms. The van der Waals surface area contributed by atoms with E-state index in [1.165, 1.54) is 6.07 Å². The van der Waals surface area contributed by atoms with Crippen molar-refractivity contribution in [1.29, 1.82) is 0 Å². The van der Waals surface area contributed by atoms with Gasteiger partial charge in [-0.1, -0.05) is 6.92 Å². The normalized spacial score (nSPS) is 27.8. The minimum Gasteiger partial charge on any atom is -0.507 e. The number of hydrogen-bond acceptors (Lipinski definition) is 6. The smallest absolute Gasteiger partial charge is 0.185 e. The van der Waals surface area contributed by atoms with Gasteiger partial charge in [-0.15, -0.1) is 0 Å². The summed E-state index contributed by atoms with van der Waals surface area (Å²) in [6.45, 7) is 11.0. The Morgan fingerprint density at radius 2 is 1.76 bits per heavy atom. The number of benzene rings is 2. The minimum absolute atomic E-state index is 0.00113. The second-order valence-electron chi connectivity index (χ2n) is 8.62. The minimum atomic E-state index is -1.28. The van der Waals surface area contributed by atoms with Crippen LogP contribution < -0.4 is 14.9 Å². The van der Waals surface area contributed by atoms with Crippen molar-refractivity contribution in [1.82, 2.24) is 0 Å². The van der Waals surface area contributed by atoms with Crippen LogP contribution in [0.3, 0.4) is 0 Å². The Morgan fingerprint density at radius 1 is 1.07 bits per heavy atom. The van der Waals surface area contributed by atoms with E-state index < -0.39 is 11.7 Å². The highest BCUT2D eigenvalue weighted by atomic mass is 16.5. The molecule has 0 fully saturated rings. The molecule has 3 aliphatic heterocycles. The van der Waals surface area contributed by atoms with Crippen LogP contribution in [-0.2, 0) is 5.60 Å². The Balaban J connectivity index is 2.04. The van der Waals surface area contributed by atoms with Gasteiger partial charge < -0.3 is 24.1 Å². The van der Waals surface area contributed by atoms with Gasteiger partial charge in [0.2, 0.25) is 0 Å². The van der Waals surface area contributed by atoms with Crippen LogP contribution in [0, 0.1) is 13.8 Å². The van der Waals surface area contributed by atoms with Crippen LogP contribution in [-0.4, -0.2) is 22.4 Å². The Bertz CT molecular complexity index is 1230. The molecule has 0 radical (unpaired) electrons. The van der Waals surface area contributed by atoms with E-state index in [4.69, 9.17) is 13.9 Å². The first-order valence-electron chi connectivity index (χ1n) is 9.91. The maximum Gasteiger partial charge on any atom is 0.185 e. The lowest BCUT2D eigenvalue weighted by atomic mass is 9.82. The molecular formula is C23H24O6. The molecule has 0 spiro atoms. The first kappa shape index (κ1) is 18.3. The second-order valence-corrected chi connectivity index (χ2v) is 8.62. The summed E-state index contributed by atoms with van der Waals surface area (Å²) in [5, 5.41) is 22.5. The summed E-state index contributed by atoms with van der Waals surface area (Å²) in [5.74, 6) is 1.27. The van der Waals surface area contributed by atoms with E-state index >= 15 is 0 Å². The van der Waals surface area contributed by atoms with E-state index in [2.05, 4.69) is 0 Å². The number of phenols is 1. The largest absolute Gasteiger partial charge is 0.507 e. The molecule has 4 aliphatic rings. The van der Waals surface area contributed by atoms with E-state index in [1.807, 2.05) is 20.8 Å². The summed E-state index contributed by atoms with van der Waals surface area (Å²) >= 11 is 0. The van der Waals surface area contributed by atoms with Crippen molar-refractivity contribution < 1.29 is 24.1 Å². The van der Waals surface area contributed by atoms with Gasteiger partial charge in [0, 0.05) is 28.7 Å². The van der Waals surface area contributed by atoms with Gasteiger partial charge in [-0.25, -0.2) is 0 Å². The average molecular weight is 396 g/mol. The third kappa shape index (κ3) is 2.07. The first-order chi connectivity index (χ1) is 13.6. The fourth-order valence-corrected chi connectivity index (χ4v) is 4.85. The molecule has 3 heterocycles. The highest BCUT2D eigenvalue weighted by molar-refractivity contribution is 6.02. The van der Waals surface area contributed by atoms with Crippen LogP contribution in [0.25, 0.3) is 22.3 Å². The molecule has 0 bridgehead atoms. The maximum atomic E-state index is 12.6. The summed E-state index contributed by atoms with van der Waals surface area (Å²) in [7, 11) is 0. The summed E-state index contributed by atoms with van der Waals surface area (Å²) in [6, 6.07) is 1.46. The van der Waals surface area contributed by atoms with Gasteiger partial charge >= 0.3 is 0 Å². The van der Waals surface area contributed by atoms with Gasteiger partial charge in [-0.3, -0.25) is 4.79 Å². The van der Waals surface area contributed by atoms with Crippen LogP contribution in [0.4, 0.5) is 0 Å². The molecule has 0 aromatic heterocycles. The SMILES string of the molecule is Cc1c2c(c3oc4cc(=O)c(C)c5c-4c(c3c1O)OC(C)C5C)OC(C)C2(C)O. The van der Waals surface area contributed by atoms with E-state index in [-0.39, 0.29) is 28.8 Å². The van der Waals surface area contributed by atoms with E-state index in [0.29, 0.717) is 44.9 Å². The van der Waals surface area contributed by atoms with Crippen molar-refractivity contribution in [3.05, 3.63) is 38.5 Å². The lowest BCUT2D eigenvalue weighted by Gasteiger charge is -2.33. The van der Waals surface area contributed by atoms with E-state index in [1.54, 1.807) is 20.8 Å². The number of hydrogen-bond donors (Lipinski definition) is 2. The van der Waals surface area contributed by atoms with Gasteiger partial charge in [0.1, 0.15) is 40.5 Å². The molecule has 6 heteroatoms. The highest BCUT2D eigenvalue weighted by Gasteiger charge is 2.46. The number of rotatable bonds is 0. The quantitative estimate of drug-likeness (QED) is 0.556. The van der Waals surface area contributed by atoms with Crippen LogP contribution in [0.2, 0.25) is 0 Å². The van der Waals surface area contributed by atoms with Crippen molar-refractivity contribution in [2.24, 2.45) is 0 Å². The maximum absolute atomic E-state index is 12.6. The van der Waals surface area contributed by atoms with Crippen LogP contribution in [0.1, 0.15) is 55.9 Å². The number of ether oxygens (including phenoxy) is 2. The summed E-state index contributed by atoms with van der Waals surface area (Å²) in [4.78, 5) is 12.6. The molecule has 4 atom stereocenters. The molecule has 0 saturated carbocycles. The van der Waals surface area contributed by atoms with Gasteiger partial charge in [0.15, 0.2) is 16.8 Å². The predicted octanol–water partition coefficient (Wildman–Crippen LogP) is 4.09. The van der Waals surface area contributed by atoms with E-state index in [9.17, 15) is 15.0 Å². The molecule has 1 aliphatic carbocycles. The zero-order chi connectivity index (χ0) is 21.0. The number of fused-ring (bicyclic) bond motifs is 4. The van der Waals surface area contributed by atoms with Gasteiger partial charge in [0.25, 0.3) is 0 Å². The Morgan fingerprint density at radius 3 is 2.45 bits per heavy atom.